The van der Waals surface area contributed by atoms with E-state index in [-0.39, 0.29) is 0 Å². The summed E-state index contributed by atoms with van der Waals surface area (Å²) < 4.78 is 11.9. The van der Waals surface area contributed by atoms with Crippen LogP contribution in [0.15, 0.2) is 192 Å². The van der Waals surface area contributed by atoms with Gasteiger partial charge in [0.05, 0.1) is 51.3 Å². The molecule has 0 radical (unpaired) electrons. The smallest absolute Gasteiger partial charge is 0.200 e. The van der Waals surface area contributed by atoms with Gasteiger partial charge in [0.15, 0.2) is 11.4 Å². The van der Waals surface area contributed by atoms with Crippen LogP contribution < -0.4 is 0 Å². The Morgan fingerprint density at radius 3 is 1.41 bits per heavy atom. The molecule has 6 nitrogen and oxygen atoms in total. The lowest BCUT2D eigenvalue weighted by atomic mass is 10.0. The van der Waals surface area contributed by atoms with Crippen LogP contribution in [-0.4, -0.2) is 19.1 Å². The minimum absolute atomic E-state index is 0.501. The normalized spacial score (nSPS) is 11.7. The van der Waals surface area contributed by atoms with Crippen LogP contribution >= 0.6 is 0 Å². The Morgan fingerprint density at radius 2 is 0.898 bits per heavy atom. The lowest BCUT2D eigenvalue weighted by molar-refractivity contribution is 0.666. The van der Waals surface area contributed by atoms with E-state index in [0.717, 1.165) is 93.8 Å². The predicted octanol–water partition coefficient (Wildman–Crippen LogP) is 14.1. The fourth-order valence-electron chi connectivity index (χ4n) is 9.00. The van der Waals surface area contributed by atoms with E-state index in [1.165, 1.54) is 0 Å². The molecule has 0 atom stereocenters. The third-order valence-corrected chi connectivity index (χ3v) is 11.6. The molecular formula is C53H31N5O. The molecule has 0 saturated carbocycles. The number of nitrogens with zero attached hydrogens (tertiary/aromatic N) is 5. The number of furan rings is 1. The van der Waals surface area contributed by atoms with Crippen molar-refractivity contribution in [3.8, 4) is 45.3 Å². The summed E-state index contributed by atoms with van der Waals surface area (Å²) in [5, 5.41) is 6.12. The molecule has 0 aliphatic rings. The van der Waals surface area contributed by atoms with Gasteiger partial charge in [-0.1, -0.05) is 146 Å². The molecule has 0 amide bonds. The highest BCUT2D eigenvalue weighted by Gasteiger charge is 2.27. The molecule has 12 aromatic rings. The molecule has 0 unspecified atom stereocenters. The first kappa shape index (κ1) is 32.9. The summed E-state index contributed by atoms with van der Waals surface area (Å²) >= 11 is 0. The topological polar surface area (TPSA) is 53.1 Å². The van der Waals surface area contributed by atoms with Crippen LogP contribution in [0.5, 0.6) is 0 Å². The third kappa shape index (κ3) is 4.92. The van der Waals surface area contributed by atoms with E-state index < -0.39 is 0 Å². The second kappa shape index (κ2) is 12.9. The minimum atomic E-state index is 0.501. The highest BCUT2D eigenvalue weighted by molar-refractivity contribution is 6.20. The quantitative estimate of drug-likeness (QED) is 0.164. The van der Waals surface area contributed by atoms with Gasteiger partial charge in [-0.15, -0.1) is 0 Å². The zero-order chi connectivity index (χ0) is 39.0. The zero-order valence-electron chi connectivity index (χ0n) is 31.5. The average Bonchev–Trinajstić information content (AvgIpc) is 3.97. The number of para-hydroxylation sites is 5. The van der Waals surface area contributed by atoms with Crippen molar-refractivity contribution in [2.75, 3.05) is 0 Å². The molecule has 0 N–H and O–H groups in total. The number of benzene rings is 8. The van der Waals surface area contributed by atoms with Crippen molar-refractivity contribution < 1.29 is 4.42 Å². The molecule has 0 aliphatic carbocycles. The Labute approximate surface area is 338 Å². The van der Waals surface area contributed by atoms with Crippen molar-refractivity contribution in [1.29, 1.82) is 0 Å². The maximum Gasteiger partial charge on any atom is 0.200 e. The second-order valence-electron chi connectivity index (χ2n) is 14.8. The van der Waals surface area contributed by atoms with Crippen LogP contribution in [0.25, 0.3) is 116 Å². The number of aromatic nitrogens is 4. The molecule has 8 aromatic carbocycles. The maximum absolute atomic E-state index is 8.70. The lowest BCUT2D eigenvalue weighted by Gasteiger charge is -2.18. The molecule has 59 heavy (non-hydrogen) atoms. The van der Waals surface area contributed by atoms with Gasteiger partial charge in [0.2, 0.25) is 5.69 Å². The van der Waals surface area contributed by atoms with Gasteiger partial charge in [-0.25, -0.2) is 14.8 Å². The average molecular weight is 754 g/mol. The minimum Gasteiger partial charge on any atom is -0.454 e. The molecule has 4 aromatic heterocycles. The van der Waals surface area contributed by atoms with Crippen LogP contribution in [0, 0.1) is 6.57 Å². The first-order chi connectivity index (χ1) is 29.2. The fourth-order valence-corrected chi connectivity index (χ4v) is 9.00. The summed E-state index contributed by atoms with van der Waals surface area (Å²) in [7, 11) is 0. The van der Waals surface area contributed by atoms with Crippen LogP contribution in [0.2, 0.25) is 0 Å². The number of rotatable bonds is 5. The molecule has 0 spiro atoms. The van der Waals surface area contributed by atoms with E-state index in [2.05, 4.69) is 141 Å². The summed E-state index contributed by atoms with van der Waals surface area (Å²) in [6.07, 6.45) is 0. The zero-order valence-corrected chi connectivity index (χ0v) is 31.5. The predicted molar refractivity (Wildman–Crippen MR) is 241 cm³/mol. The van der Waals surface area contributed by atoms with Crippen molar-refractivity contribution in [2.24, 2.45) is 0 Å². The molecule has 0 fully saturated rings. The van der Waals surface area contributed by atoms with Gasteiger partial charge < -0.3 is 13.6 Å². The Bertz CT molecular complexity index is 3520. The highest BCUT2D eigenvalue weighted by Crippen LogP contribution is 2.48. The maximum atomic E-state index is 8.70. The molecule has 0 bridgehead atoms. The lowest BCUT2D eigenvalue weighted by Crippen LogP contribution is -2.04. The third-order valence-electron chi connectivity index (χ3n) is 11.6. The van der Waals surface area contributed by atoms with Crippen molar-refractivity contribution >= 4 is 71.2 Å². The number of fused-ring (bicyclic) bond motifs is 9. The monoisotopic (exact) mass is 753 g/mol. The SMILES string of the molecule is [C-]#[N+]c1cc(-n2c3ccccc3c3ccccc32)c(-n2c3ccccc3c3ccccc32)c2oc3c(-c4nc(-c5ccccc5)cc(-c5ccccc5)n4)cccc3c12. The van der Waals surface area contributed by atoms with Gasteiger partial charge in [-0.2, -0.15) is 0 Å². The molecule has 0 saturated heterocycles. The van der Waals surface area contributed by atoms with Gasteiger partial charge in [0.25, 0.3) is 0 Å². The van der Waals surface area contributed by atoms with Gasteiger partial charge >= 0.3 is 0 Å². The summed E-state index contributed by atoms with van der Waals surface area (Å²) in [4.78, 5) is 14.6. The molecule has 0 aliphatic heterocycles. The Balaban J connectivity index is 1.24. The Hall–Kier alpha value is -8.27. The molecule has 274 valence electrons. The van der Waals surface area contributed by atoms with E-state index in [4.69, 9.17) is 21.0 Å². The van der Waals surface area contributed by atoms with E-state index in [1.807, 2.05) is 60.7 Å². The number of hydrogen-bond donors (Lipinski definition) is 0. The van der Waals surface area contributed by atoms with Crippen molar-refractivity contribution in [3.05, 3.63) is 199 Å². The molecular weight excluding hydrogens is 723 g/mol. The van der Waals surface area contributed by atoms with E-state index in [0.29, 0.717) is 22.7 Å². The van der Waals surface area contributed by atoms with E-state index in [9.17, 15) is 0 Å². The van der Waals surface area contributed by atoms with Crippen LogP contribution in [0.1, 0.15) is 0 Å². The molecule has 6 heteroatoms. The van der Waals surface area contributed by atoms with Gasteiger partial charge in [0.1, 0.15) is 11.3 Å². The first-order valence-electron chi connectivity index (χ1n) is 19.6. The van der Waals surface area contributed by atoms with Crippen LogP contribution in [0.4, 0.5) is 5.69 Å². The van der Waals surface area contributed by atoms with Crippen LogP contribution in [-0.2, 0) is 0 Å². The summed E-state index contributed by atoms with van der Waals surface area (Å²) in [6.45, 7) is 8.70. The summed E-state index contributed by atoms with van der Waals surface area (Å²) in [5.41, 5.74) is 12.0. The first-order valence-corrected chi connectivity index (χ1v) is 19.6. The van der Waals surface area contributed by atoms with Crippen molar-refractivity contribution in [1.82, 2.24) is 19.1 Å². The Morgan fingerprint density at radius 1 is 0.441 bits per heavy atom. The van der Waals surface area contributed by atoms with Gasteiger partial charge in [-0.05, 0) is 42.5 Å². The van der Waals surface area contributed by atoms with Crippen molar-refractivity contribution in [2.45, 2.75) is 0 Å². The molecule has 12 rings (SSSR count). The fraction of sp³-hybridized carbons (Fsp3) is 0. The highest BCUT2D eigenvalue weighted by atomic mass is 16.3. The standard InChI is InChI=1S/C53H31N5O/c1-54-43-32-48(57-44-27-12-8-21-35(44)36-22-9-13-28-45(36)57)50(58-46-29-14-10-23-37(46)38-24-11-15-30-47(38)58)52-49(43)39-25-16-26-40(51(39)59-52)53-55-41(33-17-4-2-5-18-33)31-42(56-53)34-19-6-3-7-20-34/h2-32H. The molecule has 4 heterocycles. The van der Waals surface area contributed by atoms with Crippen LogP contribution in [0.3, 0.4) is 0 Å². The van der Waals surface area contributed by atoms with E-state index in [1.54, 1.807) is 0 Å². The van der Waals surface area contributed by atoms with Gasteiger partial charge in [0, 0.05) is 43.4 Å². The number of hydrogen-bond acceptors (Lipinski definition) is 3. The van der Waals surface area contributed by atoms with Crippen molar-refractivity contribution in [3.63, 3.8) is 0 Å². The largest absolute Gasteiger partial charge is 0.454 e. The van der Waals surface area contributed by atoms with E-state index >= 15 is 0 Å². The summed E-state index contributed by atoms with van der Waals surface area (Å²) in [6, 6.07) is 64.6. The Kier molecular flexibility index (Phi) is 7.19. The summed E-state index contributed by atoms with van der Waals surface area (Å²) in [5.74, 6) is 0.542. The van der Waals surface area contributed by atoms with Gasteiger partial charge in [-0.3, -0.25) is 0 Å². The second-order valence-corrected chi connectivity index (χ2v) is 14.8.